The number of fused-ring (bicyclic) bond motifs is 12. The van der Waals surface area contributed by atoms with Gasteiger partial charge in [-0.3, -0.25) is 10.6 Å². The number of aryl methyl sites for hydroxylation is 1. The number of ketones is 1. The molecule has 1 fully saturated rings. The molecule has 6 N–H and O–H groups in total. The fraction of sp³-hybridized carbons (Fsp3) is 0.337. The number of carbonyl (C=O) groups is 1. The standard InChI is InChI=1S/C38H36N2.C16H21N.C16H17N.C10H18O.C6H4Br2.C6H8N2.C2H6O.CH4.ClH/c1-37(2,3)25-18-20-35-31(22-25)29-14-7-9-16-33(29)39(35)27-12-11-13-28(24-27)40-34-17-10-8-15-30(34)32-23-26(38(4,5)6)19-21-36(32)40;2*1-16(2,3)11-8-9-15-13(10-11)12-6-4-5-7-14(12)17-15;1-10(2,3)8-4-6-9(11)7-5-8;7-5-2-1-3-6(8)4-5;7-8-6-4-2-1-3-5-6;1-2-3;;/h7-24H,1-6H3;4-7,11,17H,8-10H2,1-3H3;4-10,17H,1-3H3;8H,4-7H2,1-3H3;1-4H;1-5,8H,7H2;3H,2H2,1H3;1H4;1H. The van der Waals surface area contributed by atoms with Gasteiger partial charge in [0.15, 0.2) is 0 Å². The van der Waals surface area contributed by atoms with Crippen LogP contribution < -0.4 is 11.3 Å². The lowest BCUT2D eigenvalue weighted by molar-refractivity contribution is -0.121. The van der Waals surface area contributed by atoms with Crippen LogP contribution in [0.1, 0.15) is 178 Å². The van der Waals surface area contributed by atoms with Gasteiger partial charge in [-0.25, -0.2) is 0 Å². The van der Waals surface area contributed by atoms with Gasteiger partial charge in [0.1, 0.15) is 5.78 Å². The van der Waals surface area contributed by atoms with Gasteiger partial charge in [-0.2, -0.15) is 0 Å². The van der Waals surface area contributed by atoms with Crippen LogP contribution in [0.3, 0.4) is 0 Å². The molecule has 8 nitrogen and oxygen atoms in total. The molecule has 1 saturated carbocycles. The number of benzene rings is 10. The minimum Gasteiger partial charge on any atom is -0.397 e. The van der Waals surface area contributed by atoms with E-state index < -0.39 is 0 Å². The number of aromatic nitrogens is 4. The number of nitrogens with two attached hydrogens (primary N) is 1. The molecule has 4 heterocycles. The summed E-state index contributed by atoms with van der Waals surface area (Å²) >= 11 is 6.66. The number of aliphatic hydroxyl groups is 1. The summed E-state index contributed by atoms with van der Waals surface area (Å²) in [6, 6.07) is 82.0. The first kappa shape index (κ1) is 83.4. The largest absolute Gasteiger partial charge is 0.397 e. The summed E-state index contributed by atoms with van der Waals surface area (Å²) in [6.07, 6.45) is 7.65. The number of aliphatic hydroxyl groups excluding tert-OH is 1. The summed E-state index contributed by atoms with van der Waals surface area (Å²) in [5.41, 5.74) is 22.9. The van der Waals surface area contributed by atoms with Crippen LogP contribution in [0.25, 0.3) is 87.7 Å². The lowest BCUT2D eigenvalue weighted by Gasteiger charge is -2.34. The van der Waals surface area contributed by atoms with Crippen molar-refractivity contribution in [1.29, 1.82) is 0 Å². The third kappa shape index (κ3) is 20.3. The topological polar surface area (TPSA) is 117 Å². The number of halogens is 3. The Balaban J connectivity index is 0.000000179. The Labute approximate surface area is 655 Å². The number of nitrogen functional groups attached to an aromatic ring is 1. The Morgan fingerprint density at radius 1 is 0.425 bits per heavy atom. The lowest BCUT2D eigenvalue weighted by atomic mass is 9.71. The Morgan fingerprint density at radius 2 is 0.811 bits per heavy atom. The summed E-state index contributed by atoms with van der Waals surface area (Å²) in [5.74, 6) is 7.14. The van der Waals surface area contributed by atoms with Crippen LogP contribution in [0.5, 0.6) is 0 Å². The van der Waals surface area contributed by atoms with E-state index in [0.29, 0.717) is 16.6 Å². The fourth-order valence-electron chi connectivity index (χ4n) is 14.4. The highest BCUT2D eigenvalue weighted by Gasteiger charge is 2.31. The predicted octanol–water partition coefficient (Wildman–Crippen LogP) is 27.4. The molecule has 0 bridgehead atoms. The molecule has 0 spiro atoms. The quantitative estimate of drug-likeness (QED) is 0.0895. The third-order valence-corrected chi connectivity index (χ3v) is 21.6. The van der Waals surface area contributed by atoms with E-state index in [0.717, 1.165) is 52.2 Å². The van der Waals surface area contributed by atoms with Gasteiger partial charge in [-0.15, -0.1) is 12.4 Å². The first-order valence-electron chi connectivity index (χ1n) is 37.2. The van der Waals surface area contributed by atoms with E-state index in [4.69, 9.17) is 10.9 Å². The molecule has 11 heteroatoms. The van der Waals surface area contributed by atoms with Gasteiger partial charge in [0.05, 0.1) is 22.1 Å². The molecule has 0 aliphatic heterocycles. The Bertz CT molecular complexity index is 5040. The number of nitrogens with one attached hydrogen (secondary N) is 3. The first-order valence-corrected chi connectivity index (χ1v) is 38.8. The van der Waals surface area contributed by atoms with Gasteiger partial charge in [0.25, 0.3) is 0 Å². The highest BCUT2D eigenvalue weighted by Crippen LogP contribution is 2.42. The van der Waals surface area contributed by atoms with E-state index in [1.54, 1.807) is 12.5 Å². The monoisotopic (exact) mass is 1560 g/mol. The Morgan fingerprint density at radius 3 is 1.25 bits per heavy atom. The second-order valence-corrected chi connectivity index (χ2v) is 35.1. The average Bonchev–Trinajstić information content (AvgIpc) is 1.59. The number of hydrogen-bond donors (Lipinski definition) is 5. The van der Waals surface area contributed by atoms with Crippen LogP contribution in [-0.4, -0.2) is 36.6 Å². The maximum absolute atomic E-state index is 10.9. The molecule has 0 amide bonds. The number of hydrogen-bond acceptors (Lipinski definition) is 4. The van der Waals surface area contributed by atoms with Gasteiger partial charge >= 0.3 is 0 Å². The molecule has 1 atom stereocenters. The SMILES string of the molecule is Brc1cccc(Br)c1.C.CC(C)(C)C1CCC(=O)CC1.CC(C)(C)C1CCc2[nH]c3ccccc3c2C1.CC(C)(C)c1ccc2[nH]c3ccccc3c2c1.CC(C)(C)c1ccc2c(c1)c1ccccc1n2-c1cccc(-n2c3ccccc3c3cc(C(C)(C)C)ccc32)c1.CCO.Cl.NNc1ccccc1. The molecule has 14 aromatic rings. The molecular formula is C95H115Br2ClN6O2. The van der Waals surface area contributed by atoms with Crippen molar-refractivity contribution in [2.24, 2.45) is 28.5 Å². The smallest absolute Gasteiger partial charge is 0.132 e. The number of para-hydroxylation sites is 5. The zero-order chi connectivity index (χ0) is 74.9. The Kier molecular flexibility index (Phi) is 28.1. The molecule has 2 aliphatic carbocycles. The van der Waals surface area contributed by atoms with Crippen molar-refractivity contribution < 1.29 is 9.90 Å². The van der Waals surface area contributed by atoms with Gasteiger partial charge in [0, 0.05) is 105 Å². The number of anilines is 1. The van der Waals surface area contributed by atoms with Gasteiger partial charge < -0.3 is 29.6 Å². The van der Waals surface area contributed by atoms with Crippen molar-refractivity contribution in [3.63, 3.8) is 0 Å². The van der Waals surface area contributed by atoms with Crippen molar-refractivity contribution in [2.75, 3.05) is 12.0 Å². The summed E-state index contributed by atoms with van der Waals surface area (Å²) < 4.78 is 7.05. The van der Waals surface area contributed by atoms with Crippen molar-refractivity contribution in [2.45, 2.75) is 179 Å². The first-order chi connectivity index (χ1) is 49.4. The van der Waals surface area contributed by atoms with E-state index in [1.807, 2.05) is 54.6 Å². The summed E-state index contributed by atoms with van der Waals surface area (Å²) in [6.45, 7) is 36.3. The van der Waals surface area contributed by atoms with Gasteiger partial charge in [-0.05, 0) is 209 Å². The fourth-order valence-corrected chi connectivity index (χ4v) is 15.5. The Hall–Kier alpha value is -8.22. The minimum absolute atomic E-state index is 0. The number of hydrazine groups is 1. The maximum atomic E-state index is 10.9. The van der Waals surface area contributed by atoms with Gasteiger partial charge in [0.2, 0.25) is 0 Å². The van der Waals surface area contributed by atoms with E-state index in [2.05, 4.69) is 336 Å². The zero-order valence-electron chi connectivity index (χ0n) is 64.7. The van der Waals surface area contributed by atoms with Gasteiger partial charge in [-0.1, -0.05) is 264 Å². The van der Waals surface area contributed by atoms with E-state index in [9.17, 15) is 4.79 Å². The van der Waals surface area contributed by atoms with E-state index >= 15 is 0 Å². The molecule has 10 aromatic carbocycles. The van der Waals surface area contributed by atoms with Crippen molar-refractivity contribution >= 4 is 132 Å². The van der Waals surface area contributed by atoms with Crippen LogP contribution >= 0.6 is 44.3 Å². The molecule has 558 valence electrons. The third-order valence-electron chi connectivity index (χ3n) is 20.6. The molecule has 0 saturated heterocycles. The van der Waals surface area contributed by atoms with Crippen LogP contribution in [0.2, 0.25) is 0 Å². The lowest BCUT2D eigenvalue weighted by Crippen LogP contribution is -2.26. The second kappa shape index (κ2) is 35.7. The number of H-pyrrole nitrogens is 2. The molecule has 4 aromatic heterocycles. The molecule has 0 radical (unpaired) electrons. The van der Waals surface area contributed by atoms with Crippen molar-refractivity contribution in [3.8, 4) is 11.4 Å². The summed E-state index contributed by atoms with van der Waals surface area (Å²) in [7, 11) is 0. The number of Topliss-reactive ketones (excluding diaryl/α,β-unsaturated/α-hetero) is 1. The average molecular weight is 1570 g/mol. The number of aromatic amines is 2. The molecule has 16 rings (SSSR count). The summed E-state index contributed by atoms with van der Waals surface area (Å²) in [5, 5.41) is 16.8. The van der Waals surface area contributed by atoms with Crippen LogP contribution in [-0.2, 0) is 33.9 Å². The highest BCUT2D eigenvalue weighted by atomic mass is 79.9. The van der Waals surface area contributed by atoms with Crippen molar-refractivity contribution in [1.82, 2.24) is 19.1 Å². The van der Waals surface area contributed by atoms with Crippen molar-refractivity contribution in [3.05, 3.63) is 267 Å². The van der Waals surface area contributed by atoms with Crippen LogP contribution in [0.15, 0.2) is 239 Å². The predicted molar refractivity (Wildman–Crippen MR) is 470 cm³/mol. The highest BCUT2D eigenvalue weighted by molar-refractivity contribution is 9.11. The number of rotatable bonds is 3. The number of carbonyl (C=O) groups excluding carboxylic acids is 1. The minimum atomic E-state index is 0. The van der Waals surface area contributed by atoms with Crippen LogP contribution in [0.4, 0.5) is 5.69 Å². The molecule has 106 heavy (non-hydrogen) atoms. The molecule has 1 unspecified atom stereocenters. The number of nitrogens with zero attached hydrogens (tertiary/aromatic N) is 2. The molecule has 2 aliphatic rings. The maximum Gasteiger partial charge on any atom is 0.132 e. The molecular weight excluding hydrogens is 1450 g/mol. The van der Waals surface area contributed by atoms with Crippen LogP contribution in [0, 0.1) is 22.7 Å². The van der Waals surface area contributed by atoms with E-state index in [1.165, 1.54) is 129 Å². The zero-order valence-corrected chi connectivity index (χ0v) is 68.7. The van der Waals surface area contributed by atoms with E-state index in [-0.39, 0.29) is 42.7 Å². The second-order valence-electron chi connectivity index (χ2n) is 33.2. The normalized spacial score (nSPS) is 13.9. The summed E-state index contributed by atoms with van der Waals surface area (Å²) in [4.78, 5) is 18.0.